The molecule has 1 atom stereocenters. The Labute approximate surface area is 150 Å². The summed E-state index contributed by atoms with van der Waals surface area (Å²) in [6.45, 7) is 4.04. The third-order valence-corrected chi connectivity index (χ3v) is 6.14. The predicted molar refractivity (Wildman–Crippen MR) is 97.7 cm³/mol. The second kappa shape index (κ2) is 6.90. The number of aromatic nitrogens is 2. The Morgan fingerprint density at radius 1 is 1.16 bits per heavy atom. The molecule has 25 heavy (non-hydrogen) atoms. The molecule has 1 aromatic heterocycles. The Morgan fingerprint density at radius 3 is 2.76 bits per heavy atom. The summed E-state index contributed by atoms with van der Waals surface area (Å²) >= 11 is 0. The summed E-state index contributed by atoms with van der Waals surface area (Å²) in [6.07, 6.45) is 6.51. The zero-order chi connectivity index (χ0) is 17.4. The van der Waals surface area contributed by atoms with E-state index in [1.165, 1.54) is 24.1 Å². The molecule has 1 aromatic rings. The molecule has 6 nitrogen and oxygen atoms in total. The van der Waals surface area contributed by atoms with Crippen LogP contribution < -0.4 is 4.90 Å². The fourth-order valence-corrected chi connectivity index (χ4v) is 4.36. The number of piperidine rings is 1. The molecule has 0 spiro atoms. The lowest BCUT2D eigenvalue weighted by atomic mass is 9.95. The number of likely N-dealkylation sites (tertiary alicyclic amines) is 1. The first-order valence-electron chi connectivity index (χ1n) is 9.65. The molecule has 3 heterocycles. The van der Waals surface area contributed by atoms with Crippen LogP contribution in [0.2, 0.25) is 0 Å². The van der Waals surface area contributed by atoms with Gasteiger partial charge in [0.15, 0.2) is 5.82 Å². The van der Waals surface area contributed by atoms with Crippen LogP contribution in [0.15, 0.2) is 6.07 Å². The molecule has 1 amide bonds. The van der Waals surface area contributed by atoms with Crippen LogP contribution in [-0.4, -0.2) is 72.2 Å². The van der Waals surface area contributed by atoms with E-state index < -0.39 is 0 Å². The molecule has 0 N–H and O–H groups in total. The Kier molecular flexibility index (Phi) is 4.63. The van der Waals surface area contributed by atoms with Crippen LogP contribution in [0.5, 0.6) is 0 Å². The highest BCUT2D eigenvalue weighted by Crippen LogP contribution is 2.27. The predicted octanol–water partition coefficient (Wildman–Crippen LogP) is 1.34. The van der Waals surface area contributed by atoms with Gasteiger partial charge in [0.25, 0.3) is 0 Å². The van der Waals surface area contributed by atoms with Crippen LogP contribution in [0.3, 0.4) is 0 Å². The maximum Gasteiger partial charge on any atom is 0.222 e. The van der Waals surface area contributed by atoms with Gasteiger partial charge in [0.05, 0.1) is 5.69 Å². The number of hydrogen-bond acceptors (Lipinski definition) is 5. The number of nitrogens with zero attached hydrogens (tertiary/aromatic N) is 5. The van der Waals surface area contributed by atoms with Crippen LogP contribution in [0.1, 0.15) is 36.9 Å². The number of anilines is 1. The first kappa shape index (κ1) is 16.8. The smallest absolute Gasteiger partial charge is 0.222 e. The molecule has 6 heteroatoms. The third-order valence-electron chi connectivity index (χ3n) is 6.14. The van der Waals surface area contributed by atoms with Gasteiger partial charge in [0.2, 0.25) is 5.91 Å². The molecule has 1 aliphatic carbocycles. The summed E-state index contributed by atoms with van der Waals surface area (Å²) in [5.41, 5.74) is 2.61. The minimum Gasteiger partial charge on any atom is -0.352 e. The van der Waals surface area contributed by atoms with E-state index in [4.69, 9.17) is 0 Å². The highest BCUT2D eigenvalue weighted by molar-refractivity contribution is 5.76. The van der Waals surface area contributed by atoms with E-state index >= 15 is 0 Å². The van der Waals surface area contributed by atoms with Gasteiger partial charge in [-0.2, -0.15) is 5.10 Å². The van der Waals surface area contributed by atoms with Gasteiger partial charge in [-0.3, -0.25) is 9.69 Å². The molecule has 136 valence electrons. The summed E-state index contributed by atoms with van der Waals surface area (Å²) in [6, 6.07) is 2.85. The van der Waals surface area contributed by atoms with Crippen LogP contribution in [0.25, 0.3) is 0 Å². The number of hydrogen-bond donors (Lipinski definition) is 0. The Balaban J connectivity index is 1.29. The first-order chi connectivity index (χ1) is 12.1. The van der Waals surface area contributed by atoms with E-state index in [2.05, 4.69) is 33.1 Å². The molecule has 1 unspecified atom stereocenters. The normalized spacial score (nSPS) is 24.4. The zero-order valence-corrected chi connectivity index (χ0v) is 15.4. The van der Waals surface area contributed by atoms with Crippen molar-refractivity contribution < 1.29 is 4.79 Å². The lowest BCUT2D eigenvalue weighted by Crippen LogP contribution is -2.60. The quantitative estimate of drug-likeness (QED) is 0.826. The molecule has 0 radical (unpaired) electrons. The monoisotopic (exact) mass is 343 g/mol. The van der Waals surface area contributed by atoms with Crippen molar-refractivity contribution in [3.8, 4) is 0 Å². The number of aryl methyl sites for hydroxylation is 2. The summed E-state index contributed by atoms with van der Waals surface area (Å²) in [5, 5.41) is 8.91. The van der Waals surface area contributed by atoms with E-state index in [0.29, 0.717) is 24.3 Å². The van der Waals surface area contributed by atoms with Gasteiger partial charge < -0.3 is 9.80 Å². The van der Waals surface area contributed by atoms with Crippen LogP contribution in [-0.2, 0) is 17.6 Å². The van der Waals surface area contributed by atoms with Crippen molar-refractivity contribution in [1.29, 1.82) is 0 Å². The van der Waals surface area contributed by atoms with Crippen LogP contribution in [0.4, 0.5) is 5.82 Å². The maximum atomic E-state index is 11.6. The third kappa shape index (κ3) is 3.50. The van der Waals surface area contributed by atoms with Crippen LogP contribution in [0, 0.1) is 5.92 Å². The van der Waals surface area contributed by atoms with Gasteiger partial charge in [-0.15, -0.1) is 5.10 Å². The molecule has 0 saturated carbocycles. The average molecular weight is 343 g/mol. The lowest BCUT2D eigenvalue weighted by molar-refractivity contribution is -0.133. The number of amides is 1. The van der Waals surface area contributed by atoms with Gasteiger partial charge >= 0.3 is 0 Å². The zero-order valence-electron chi connectivity index (χ0n) is 15.4. The van der Waals surface area contributed by atoms with Crippen molar-refractivity contribution >= 4 is 11.7 Å². The number of likely N-dealkylation sites (N-methyl/N-ethyl adjacent to an activating group) is 1. The van der Waals surface area contributed by atoms with E-state index in [9.17, 15) is 4.79 Å². The first-order valence-corrected chi connectivity index (χ1v) is 9.65. The van der Waals surface area contributed by atoms with E-state index in [-0.39, 0.29) is 0 Å². The molecule has 0 aromatic carbocycles. The van der Waals surface area contributed by atoms with Gasteiger partial charge in [-0.05, 0) is 56.7 Å². The molecule has 4 rings (SSSR count). The van der Waals surface area contributed by atoms with Crippen molar-refractivity contribution in [2.24, 2.45) is 5.92 Å². The number of rotatable bonds is 4. The average Bonchev–Trinajstić information content (AvgIpc) is 2.57. The number of carbonyl (C=O) groups excluding carboxylic acids is 1. The molecular weight excluding hydrogens is 314 g/mol. The van der Waals surface area contributed by atoms with Gasteiger partial charge in [0, 0.05) is 45.7 Å². The van der Waals surface area contributed by atoms with E-state index in [0.717, 1.165) is 51.3 Å². The van der Waals surface area contributed by atoms with Crippen molar-refractivity contribution in [2.45, 2.75) is 44.6 Å². The van der Waals surface area contributed by atoms with E-state index in [1.54, 1.807) is 0 Å². The second-order valence-electron chi connectivity index (χ2n) is 8.06. The number of carbonyl (C=O) groups is 1. The fraction of sp³-hybridized carbons (Fsp3) is 0.737. The van der Waals surface area contributed by atoms with Crippen molar-refractivity contribution in [2.75, 3.05) is 45.2 Å². The lowest BCUT2D eigenvalue weighted by Gasteiger charge is -2.46. The Bertz CT molecular complexity index is 643. The SMILES string of the molecule is CN1CC(CN(C)C2CN(c3cc4c(nn3)CCCC4)C2)CCC1=O. The minimum atomic E-state index is 0.291. The maximum absolute atomic E-state index is 11.6. The summed E-state index contributed by atoms with van der Waals surface area (Å²) in [5.74, 6) is 1.94. The number of fused-ring (bicyclic) bond motifs is 1. The Morgan fingerprint density at radius 2 is 1.96 bits per heavy atom. The fourth-order valence-electron chi connectivity index (χ4n) is 4.36. The van der Waals surface area contributed by atoms with Crippen molar-refractivity contribution in [3.63, 3.8) is 0 Å². The van der Waals surface area contributed by atoms with Crippen LogP contribution >= 0.6 is 0 Å². The molecule has 0 bridgehead atoms. The Hall–Kier alpha value is -1.69. The summed E-state index contributed by atoms with van der Waals surface area (Å²) in [4.78, 5) is 18.3. The minimum absolute atomic E-state index is 0.291. The van der Waals surface area contributed by atoms with Gasteiger partial charge in [0.1, 0.15) is 0 Å². The largest absolute Gasteiger partial charge is 0.352 e. The molecular formula is C19H29N5O. The summed E-state index contributed by atoms with van der Waals surface area (Å²) < 4.78 is 0. The summed E-state index contributed by atoms with van der Waals surface area (Å²) in [7, 11) is 4.14. The van der Waals surface area contributed by atoms with Crippen molar-refractivity contribution in [1.82, 2.24) is 20.0 Å². The van der Waals surface area contributed by atoms with Gasteiger partial charge in [-0.25, -0.2) is 0 Å². The van der Waals surface area contributed by atoms with E-state index in [1.807, 2.05) is 11.9 Å². The standard InChI is InChI=1S/C19H29N5O/c1-22(10-14-7-8-19(25)23(2)11-14)16-12-24(13-16)18-9-15-5-3-4-6-17(15)20-21-18/h9,14,16H,3-8,10-13H2,1-2H3. The molecule has 2 aliphatic heterocycles. The molecule has 3 aliphatic rings. The second-order valence-corrected chi connectivity index (χ2v) is 8.06. The highest BCUT2D eigenvalue weighted by atomic mass is 16.2. The topological polar surface area (TPSA) is 52.6 Å². The molecule has 2 saturated heterocycles. The molecule has 2 fully saturated rings. The highest BCUT2D eigenvalue weighted by Gasteiger charge is 2.33. The van der Waals surface area contributed by atoms with Gasteiger partial charge in [-0.1, -0.05) is 0 Å². The van der Waals surface area contributed by atoms with Crippen molar-refractivity contribution in [3.05, 3.63) is 17.3 Å².